The van der Waals surface area contributed by atoms with Gasteiger partial charge in [0.25, 0.3) is 0 Å². The highest BCUT2D eigenvalue weighted by atomic mass is 15.1. The molecule has 0 unspecified atom stereocenters. The summed E-state index contributed by atoms with van der Waals surface area (Å²) in [5, 5.41) is 9.00. The maximum atomic E-state index is 9.00. The highest BCUT2D eigenvalue weighted by Crippen LogP contribution is 2.25. The first-order valence-corrected chi connectivity index (χ1v) is 6.76. The lowest BCUT2D eigenvalue weighted by molar-refractivity contribution is 0.786. The monoisotopic (exact) mass is 265 g/mol. The molecule has 0 aliphatic heterocycles. The van der Waals surface area contributed by atoms with Crippen LogP contribution >= 0.6 is 0 Å². The van der Waals surface area contributed by atoms with Crippen LogP contribution in [0.5, 0.6) is 0 Å². The molecule has 2 aromatic rings. The van der Waals surface area contributed by atoms with E-state index >= 15 is 0 Å². The van der Waals surface area contributed by atoms with E-state index in [1.807, 2.05) is 25.2 Å². The summed E-state index contributed by atoms with van der Waals surface area (Å²) in [5.74, 6) is 0. The molecule has 2 rings (SSSR count). The number of para-hydroxylation sites is 1. The highest BCUT2D eigenvalue weighted by molar-refractivity contribution is 5.73. The third-order valence-electron chi connectivity index (χ3n) is 3.42. The van der Waals surface area contributed by atoms with E-state index in [1.165, 1.54) is 5.56 Å². The number of nitrogens with two attached hydrogens (primary N) is 1. The van der Waals surface area contributed by atoms with Crippen molar-refractivity contribution in [2.75, 3.05) is 24.2 Å². The number of nitrogen functional groups attached to an aromatic ring is 1. The second-order valence-corrected chi connectivity index (χ2v) is 4.86. The van der Waals surface area contributed by atoms with Gasteiger partial charge in [0.1, 0.15) is 6.07 Å². The van der Waals surface area contributed by atoms with Crippen molar-refractivity contribution in [1.82, 2.24) is 0 Å². The van der Waals surface area contributed by atoms with Gasteiger partial charge >= 0.3 is 0 Å². The van der Waals surface area contributed by atoms with Crippen molar-refractivity contribution >= 4 is 11.4 Å². The number of hydrogen-bond acceptors (Lipinski definition) is 3. The molecule has 3 heteroatoms. The number of nitrogens with zero attached hydrogens (tertiary/aromatic N) is 2. The van der Waals surface area contributed by atoms with Crippen molar-refractivity contribution in [1.29, 1.82) is 5.26 Å². The third-order valence-corrected chi connectivity index (χ3v) is 3.42. The van der Waals surface area contributed by atoms with Crippen molar-refractivity contribution in [3.05, 3.63) is 59.7 Å². The summed E-state index contributed by atoms with van der Waals surface area (Å²) in [4.78, 5) is 2.11. The molecule has 0 amide bonds. The number of anilines is 2. The second-order valence-electron chi connectivity index (χ2n) is 4.86. The molecule has 0 heterocycles. The Bertz CT molecular complexity index is 599. The van der Waals surface area contributed by atoms with Crippen molar-refractivity contribution < 1.29 is 0 Å². The molecule has 0 aromatic heterocycles. The van der Waals surface area contributed by atoms with Crippen LogP contribution in [-0.4, -0.2) is 13.6 Å². The molecule has 0 radical (unpaired) electrons. The van der Waals surface area contributed by atoms with Crippen LogP contribution in [-0.2, 0) is 6.42 Å². The van der Waals surface area contributed by atoms with Gasteiger partial charge in [-0.15, -0.1) is 0 Å². The summed E-state index contributed by atoms with van der Waals surface area (Å²) in [6.07, 6.45) is 2.10. The number of nitriles is 1. The van der Waals surface area contributed by atoms with Crippen LogP contribution in [0.3, 0.4) is 0 Å². The second kappa shape index (κ2) is 6.63. The van der Waals surface area contributed by atoms with Crippen molar-refractivity contribution in [2.24, 2.45) is 0 Å². The molecule has 0 spiro atoms. The SMILES string of the molecule is CN(CCCc1ccccc1)c1cccc(C#N)c1N. The predicted octanol–water partition coefficient (Wildman–Crippen LogP) is 3.21. The molecule has 20 heavy (non-hydrogen) atoms. The topological polar surface area (TPSA) is 53.0 Å². The van der Waals surface area contributed by atoms with Gasteiger partial charge in [-0.05, 0) is 30.5 Å². The van der Waals surface area contributed by atoms with Gasteiger partial charge in [0, 0.05) is 13.6 Å². The van der Waals surface area contributed by atoms with Crippen LogP contribution in [0.25, 0.3) is 0 Å². The molecule has 2 N–H and O–H groups in total. The minimum atomic E-state index is 0.539. The van der Waals surface area contributed by atoms with Gasteiger partial charge in [0.05, 0.1) is 16.9 Å². The van der Waals surface area contributed by atoms with Gasteiger partial charge in [-0.2, -0.15) is 5.26 Å². The largest absolute Gasteiger partial charge is 0.396 e. The average Bonchev–Trinajstić information content (AvgIpc) is 2.48. The number of hydrogen-bond donors (Lipinski definition) is 1. The predicted molar refractivity (Wildman–Crippen MR) is 83.6 cm³/mol. The Morgan fingerprint density at radius 1 is 1.10 bits per heavy atom. The molecule has 0 bridgehead atoms. The van der Waals surface area contributed by atoms with Crippen LogP contribution in [0.4, 0.5) is 11.4 Å². The lowest BCUT2D eigenvalue weighted by atomic mass is 10.1. The molecule has 0 fully saturated rings. The maximum Gasteiger partial charge on any atom is 0.101 e. The minimum Gasteiger partial charge on any atom is -0.396 e. The number of rotatable bonds is 5. The summed E-state index contributed by atoms with van der Waals surface area (Å²) in [7, 11) is 2.01. The van der Waals surface area contributed by atoms with Gasteiger partial charge in [-0.3, -0.25) is 0 Å². The standard InChI is InChI=1S/C17H19N3/c1-20(12-6-9-14-7-3-2-4-8-14)16-11-5-10-15(13-18)17(16)19/h2-5,7-8,10-11H,6,9,12,19H2,1H3. The minimum absolute atomic E-state index is 0.539. The fourth-order valence-corrected chi connectivity index (χ4v) is 2.27. The molecule has 102 valence electrons. The van der Waals surface area contributed by atoms with E-state index in [2.05, 4.69) is 35.2 Å². The van der Waals surface area contributed by atoms with E-state index in [1.54, 1.807) is 6.07 Å². The molecule has 0 aliphatic carbocycles. The van der Waals surface area contributed by atoms with Crippen LogP contribution in [0.15, 0.2) is 48.5 Å². The van der Waals surface area contributed by atoms with E-state index in [-0.39, 0.29) is 0 Å². The quantitative estimate of drug-likeness (QED) is 0.845. The molecular formula is C17H19N3. The van der Waals surface area contributed by atoms with Crippen molar-refractivity contribution in [3.8, 4) is 6.07 Å². The molecule has 0 saturated heterocycles. The van der Waals surface area contributed by atoms with E-state index in [4.69, 9.17) is 11.0 Å². The summed E-state index contributed by atoms with van der Waals surface area (Å²) >= 11 is 0. The first kappa shape index (κ1) is 14.0. The molecule has 2 aromatic carbocycles. The third kappa shape index (κ3) is 3.30. The summed E-state index contributed by atoms with van der Waals surface area (Å²) in [5.41, 5.74) is 9.39. The Morgan fingerprint density at radius 2 is 1.85 bits per heavy atom. The zero-order valence-corrected chi connectivity index (χ0v) is 11.7. The van der Waals surface area contributed by atoms with E-state index in [9.17, 15) is 0 Å². The van der Waals surface area contributed by atoms with Crippen LogP contribution in [0, 0.1) is 11.3 Å². The normalized spacial score (nSPS) is 10.0. The molecule has 0 saturated carbocycles. The number of benzene rings is 2. The Balaban J connectivity index is 1.96. The first-order chi connectivity index (χ1) is 9.72. The Morgan fingerprint density at radius 3 is 2.55 bits per heavy atom. The smallest absolute Gasteiger partial charge is 0.101 e. The van der Waals surface area contributed by atoms with Crippen LogP contribution in [0.2, 0.25) is 0 Å². The fourth-order valence-electron chi connectivity index (χ4n) is 2.27. The highest BCUT2D eigenvalue weighted by Gasteiger charge is 2.08. The van der Waals surface area contributed by atoms with Gasteiger partial charge < -0.3 is 10.6 Å². The van der Waals surface area contributed by atoms with E-state index < -0.39 is 0 Å². The Labute approximate surface area is 120 Å². The number of aryl methyl sites for hydroxylation is 1. The fraction of sp³-hybridized carbons (Fsp3) is 0.235. The van der Waals surface area contributed by atoms with Crippen LogP contribution < -0.4 is 10.6 Å². The zero-order chi connectivity index (χ0) is 14.4. The van der Waals surface area contributed by atoms with E-state index in [0.29, 0.717) is 11.3 Å². The zero-order valence-electron chi connectivity index (χ0n) is 11.7. The van der Waals surface area contributed by atoms with Crippen molar-refractivity contribution in [3.63, 3.8) is 0 Å². The molecule has 3 nitrogen and oxygen atoms in total. The van der Waals surface area contributed by atoms with E-state index in [0.717, 1.165) is 25.1 Å². The van der Waals surface area contributed by atoms with Crippen LogP contribution in [0.1, 0.15) is 17.5 Å². The van der Waals surface area contributed by atoms with Gasteiger partial charge in [0.15, 0.2) is 0 Å². The lowest BCUT2D eigenvalue weighted by Gasteiger charge is -2.21. The average molecular weight is 265 g/mol. The lowest BCUT2D eigenvalue weighted by Crippen LogP contribution is -2.20. The Hall–Kier alpha value is -2.47. The molecule has 0 aliphatic rings. The summed E-state index contributed by atoms with van der Waals surface area (Å²) in [6, 6.07) is 18.1. The summed E-state index contributed by atoms with van der Waals surface area (Å²) in [6.45, 7) is 0.911. The Kier molecular flexibility index (Phi) is 4.62. The molecule has 0 atom stereocenters. The van der Waals surface area contributed by atoms with Gasteiger partial charge in [-0.25, -0.2) is 0 Å². The van der Waals surface area contributed by atoms with Gasteiger partial charge in [0.2, 0.25) is 0 Å². The summed E-state index contributed by atoms with van der Waals surface area (Å²) < 4.78 is 0. The van der Waals surface area contributed by atoms with Gasteiger partial charge in [-0.1, -0.05) is 36.4 Å². The molecular weight excluding hydrogens is 246 g/mol. The first-order valence-electron chi connectivity index (χ1n) is 6.76. The maximum absolute atomic E-state index is 9.00. The van der Waals surface area contributed by atoms with Crippen molar-refractivity contribution in [2.45, 2.75) is 12.8 Å².